The molecule has 2 rings (SSSR count). The minimum Gasteiger partial charge on any atom is -0.493 e. The van der Waals surface area contributed by atoms with Crippen molar-refractivity contribution in [3.05, 3.63) is 51.5 Å². The van der Waals surface area contributed by atoms with E-state index in [0.717, 1.165) is 16.8 Å². The number of anilines is 1. The molecule has 4 nitrogen and oxygen atoms in total. The number of halogens is 2. The first-order valence-electron chi connectivity index (χ1n) is 6.52. The van der Waals surface area contributed by atoms with Crippen molar-refractivity contribution in [2.75, 3.05) is 19.6 Å². The lowest BCUT2D eigenvalue weighted by Crippen LogP contribution is -1.95. The highest BCUT2D eigenvalue weighted by Crippen LogP contribution is 2.35. The van der Waals surface area contributed by atoms with Crippen LogP contribution >= 0.6 is 23.2 Å². The molecule has 2 aromatic rings. The van der Waals surface area contributed by atoms with E-state index in [9.17, 15) is 0 Å². The fourth-order valence-electron chi connectivity index (χ4n) is 1.86. The van der Waals surface area contributed by atoms with Crippen molar-refractivity contribution in [1.29, 1.82) is 0 Å². The summed E-state index contributed by atoms with van der Waals surface area (Å²) >= 11 is 12.2. The fourth-order valence-corrected chi connectivity index (χ4v) is 2.33. The second-order valence-electron chi connectivity index (χ2n) is 4.57. The molecule has 0 aliphatic carbocycles. The average Bonchev–Trinajstić information content (AvgIpc) is 2.50. The molecule has 0 aliphatic heterocycles. The smallest absolute Gasteiger partial charge is 0.179 e. The van der Waals surface area contributed by atoms with Gasteiger partial charge in [0.1, 0.15) is 0 Å². The normalized spacial score (nSPS) is 10.8. The predicted molar refractivity (Wildman–Crippen MR) is 92.0 cm³/mol. The number of benzene rings is 2. The molecule has 2 aromatic carbocycles. The van der Waals surface area contributed by atoms with Gasteiger partial charge in [-0.25, -0.2) is 0 Å². The minimum absolute atomic E-state index is 0.460. The Kier molecular flexibility index (Phi) is 5.52. The Morgan fingerprint density at radius 1 is 1.05 bits per heavy atom. The summed E-state index contributed by atoms with van der Waals surface area (Å²) in [5.41, 5.74) is 5.52. The maximum absolute atomic E-state index is 6.14. The first-order valence-corrected chi connectivity index (χ1v) is 7.27. The van der Waals surface area contributed by atoms with E-state index in [1.807, 2.05) is 25.1 Å². The van der Waals surface area contributed by atoms with Gasteiger partial charge in [-0.3, -0.25) is 5.43 Å². The van der Waals surface area contributed by atoms with Gasteiger partial charge < -0.3 is 9.47 Å². The molecule has 0 saturated heterocycles. The van der Waals surface area contributed by atoms with Gasteiger partial charge >= 0.3 is 0 Å². The first kappa shape index (κ1) is 16.5. The highest BCUT2D eigenvalue weighted by Gasteiger charge is 2.09. The highest BCUT2D eigenvalue weighted by molar-refractivity contribution is 6.32. The van der Waals surface area contributed by atoms with E-state index < -0.39 is 0 Å². The number of rotatable bonds is 5. The maximum Gasteiger partial charge on any atom is 0.179 e. The summed E-state index contributed by atoms with van der Waals surface area (Å²) in [4.78, 5) is 0. The zero-order valence-electron chi connectivity index (χ0n) is 12.5. The summed E-state index contributed by atoms with van der Waals surface area (Å²) in [6.45, 7) is 1.95. The third kappa shape index (κ3) is 3.84. The van der Waals surface area contributed by atoms with E-state index in [0.29, 0.717) is 21.5 Å². The van der Waals surface area contributed by atoms with Gasteiger partial charge in [0.2, 0.25) is 0 Å². The molecule has 6 heteroatoms. The van der Waals surface area contributed by atoms with Crippen LogP contribution in [0.15, 0.2) is 35.4 Å². The predicted octanol–water partition coefficient (Wildman–Crippen LogP) is 4.77. The van der Waals surface area contributed by atoms with Crippen molar-refractivity contribution >= 4 is 35.1 Å². The Hall–Kier alpha value is -1.91. The molecular formula is C16H16Cl2N2O2. The van der Waals surface area contributed by atoms with Gasteiger partial charge in [-0.15, -0.1) is 0 Å². The van der Waals surface area contributed by atoms with E-state index in [1.54, 1.807) is 32.6 Å². The van der Waals surface area contributed by atoms with Crippen molar-refractivity contribution in [3.63, 3.8) is 0 Å². The number of hydrazone groups is 1. The summed E-state index contributed by atoms with van der Waals surface area (Å²) in [7, 11) is 3.10. The second kappa shape index (κ2) is 7.38. The molecule has 0 amide bonds. The number of nitrogens with one attached hydrogen (secondary N) is 1. The van der Waals surface area contributed by atoms with Gasteiger partial charge in [0.05, 0.1) is 31.1 Å². The molecule has 0 saturated carbocycles. The molecule has 0 aliphatic rings. The molecule has 22 heavy (non-hydrogen) atoms. The molecule has 0 radical (unpaired) electrons. The summed E-state index contributed by atoms with van der Waals surface area (Å²) < 4.78 is 10.4. The van der Waals surface area contributed by atoms with Crippen LogP contribution in [0, 0.1) is 6.92 Å². The Labute approximate surface area is 139 Å². The standard InChI is InChI=1S/C16H16Cl2N2O2/c1-10-4-5-12(8-13(10)17)20-19-9-11-6-14(18)16(22-3)15(7-11)21-2/h4-9,20H,1-3H3/b19-9-. The van der Waals surface area contributed by atoms with Gasteiger partial charge in [0, 0.05) is 5.02 Å². The lowest BCUT2D eigenvalue weighted by atomic mass is 10.2. The lowest BCUT2D eigenvalue weighted by molar-refractivity contribution is 0.355. The van der Waals surface area contributed by atoms with E-state index in [4.69, 9.17) is 32.7 Å². The third-order valence-electron chi connectivity index (χ3n) is 3.03. The van der Waals surface area contributed by atoms with Crippen molar-refractivity contribution < 1.29 is 9.47 Å². The topological polar surface area (TPSA) is 42.8 Å². The van der Waals surface area contributed by atoms with E-state index in [1.165, 1.54) is 0 Å². The third-order valence-corrected chi connectivity index (χ3v) is 3.72. The molecule has 0 aromatic heterocycles. The van der Waals surface area contributed by atoms with Crippen LogP contribution in [0.5, 0.6) is 11.5 Å². The largest absolute Gasteiger partial charge is 0.493 e. The first-order chi connectivity index (χ1) is 10.5. The van der Waals surface area contributed by atoms with Crippen molar-refractivity contribution in [2.45, 2.75) is 6.92 Å². The summed E-state index contributed by atoms with van der Waals surface area (Å²) in [5.74, 6) is 1.05. The fraction of sp³-hybridized carbons (Fsp3) is 0.188. The highest BCUT2D eigenvalue weighted by atomic mass is 35.5. The quantitative estimate of drug-likeness (QED) is 0.631. The molecule has 0 spiro atoms. The van der Waals surface area contributed by atoms with Crippen LogP contribution in [0.2, 0.25) is 10.0 Å². The van der Waals surface area contributed by atoms with Crippen LogP contribution in [0.25, 0.3) is 0 Å². The van der Waals surface area contributed by atoms with Crippen molar-refractivity contribution in [2.24, 2.45) is 5.10 Å². The Morgan fingerprint density at radius 3 is 2.45 bits per heavy atom. The van der Waals surface area contributed by atoms with Crippen LogP contribution in [0.3, 0.4) is 0 Å². The number of methoxy groups -OCH3 is 2. The van der Waals surface area contributed by atoms with Gasteiger partial charge in [-0.1, -0.05) is 29.3 Å². The summed E-state index contributed by atoms with van der Waals surface area (Å²) in [5, 5.41) is 5.32. The molecule has 0 heterocycles. The Bertz CT molecular complexity index is 703. The van der Waals surface area contributed by atoms with E-state index in [-0.39, 0.29) is 0 Å². The molecule has 1 N–H and O–H groups in total. The van der Waals surface area contributed by atoms with Crippen molar-refractivity contribution in [3.8, 4) is 11.5 Å². The zero-order chi connectivity index (χ0) is 16.1. The molecule has 0 bridgehead atoms. The molecule has 0 unspecified atom stereocenters. The maximum atomic E-state index is 6.14. The van der Waals surface area contributed by atoms with Crippen LogP contribution in [0.1, 0.15) is 11.1 Å². The van der Waals surface area contributed by atoms with Gasteiger partial charge in [-0.05, 0) is 42.3 Å². The number of aryl methyl sites for hydroxylation is 1. The summed E-state index contributed by atoms with van der Waals surface area (Å²) in [6.07, 6.45) is 1.64. The van der Waals surface area contributed by atoms with Gasteiger partial charge in [0.15, 0.2) is 11.5 Å². The lowest BCUT2D eigenvalue weighted by Gasteiger charge is -2.10. The van der Waals surface area contributed by atoms with Crippen LogP contribution in [-0.2, 0) is 0 Å². The van der Waals surface area contributed by atoms with Crippen LogP contribution in [0.4, 0.5) is 5.69 Å². The van der Waals surface area contributed by atoms with Crippen LogP contribution in [-0.4, -0.2) is 20.4 Å². The van der Waals surface area contributed by atoms with E-state index >= 15 is 0 Å². The minimum atomic E-state index is 0.460. The molecule has 116 valence electrons. The molecule has 0 atom stereocenters. The second-order valence-corrected chi connectivity index (χ2v) is 5.39. The Morgan fingerprint density at radius 2 is 1.82 bits per heavy atom. The zero-order valence-corrected chi connectivity index (χ0v) is 14.0. The van der Waals surface area contributed by atoms with Gasteiger partial charge in [-0.2, -0.15) is 5.10 Å². The number of ether oxygens (including phenoxy) is 2. The number of hydrogen-bond donors (Lipinski definition) is 1. The Balaban J connectivity index is 2.16. The van der Waals surface area contributed by atoms with Gasteiger partial charge in [0.25, 0.3) is 0 Å². The number of hydrogen-bond acceptors (Lipinski definition) is 4. The monoisotopic (exact) mass is 338 g/mol. The molecule has 0 fully saturated rings. The van der Waals surface area contributed by atoms with Crippen LogP contribution < -0.4 is 14.9 Å². The summed E-state index contributed by atoms with van der Waals surface area (Å²) in [6, 6.07) is 9.18. The average molecular weight is 339 g/mol. The van der Waals surface area contributed by atoms with Crippen molar-refractivity contribution in [1.82, 2.24) is 0 Å². The van der Waals surface area contributed by atoms with E-state index in [2.05, 4.69) is 10.5 Å². The molecular weight excluding hydrogens is 323 g/mol. The number of nitrogens with zero attached hydrogens (tertiary/aromatic N) is 1. The SMILES string of the molecule is COc1cc(/C=N\Nc2ccc(C)c(Cl)c2)cc(Cl)c1OC.